The van der Waals surface area contributed by atoms with Crippen LogP contribution in [0.2, 0.25) is 0 Å². The van der Waals surface area contributed by atoms with E-state index in [0.717, 1.165) is 12.3 Å². The van der Waals surface area contributed by atoms with Crippen LogP contribution in [-0.2, 0) is 6.54 Å². The summed E-state index contributed by atoms with van der Waals surface area (Å²) in [5.74, 6) is 1.11. The van der Waals surface area contributed by atoms with E-state index in [1.165, 1.54) is 11.1 Å². The Balaban J connectivity index is 1.97. The molecule has 2 aromatic carbocycles. The van der Waals surface area contributed by atoms with Crippen LogP contribution in [0, 0.1) is 0 Å². The SMILES string of the molecule is COc1cccc(C(P)NCc2ccccc2)c1. The zero-order valence-electron chi connectivity index (χ0n) is 10.5. The fourth-order valence-electron chi connectivity index (χ4n) is 1.78. The summed E-state index contributed by atoms with van der Waals surface area (Å²) in [5.41, 5.74) is 2.49. The molecule has 0 aromatic heterocycles. The number of benzene rings is 2. The van der Waals surface area contributed by atoms with Gasteiger partial charge in [0.25, 0.3) is 0 Å². The van der Waals surface area contributed by atoms with Crippen molar-refractivity contribution in [2.75, 3.05) is 7.11 Å². The van der Waals surface area contributed by atoms with Crippen molar-refractivity contribution in [1.82, 2.24) is 5.32 Å². The van der Waals surface area contributed by atoms with Crippen molar-refractivity contribution < 1.29 is 4.74 Å². The van der Waals surface area contributed by atoms with Crippen molar-refractivity contribution in [1.29, 1.82) is 0 Å². The van der Waals surface area contributed by atoms with Crippen LogP contribution in [0.1, 0.15) is 16.9 Å². The maximum Gasteiger partial charge on any atom is 0.119 e. The molecule has 2 unspecified atom stereocenters. The van der Waals surface area contributed by atoms with Gasteiger partial charge >= 0.3 is 0 Å². The summed E-state index contributed by atoms with van der Waals surface area (Å²) in [7, 11) is 4.51. The summed E-state index contributed by atoms with van der Waals surface area (Å²) in [5, 5.41) is 3.47. The highest BCUT2D eigenvalue weighted by Crippen LogP contribution is 2.24. The van der Waals surface area contributed by atoms with Crippen molar-refractivity contribution in [3.63, 3.8) is 0 Å². The van der Waals surface area contributed by atoms with E-state index in [1.807, 2.05) is 18.2 Å². The highest BCUT2D eigenvalue weighted by molar-refractivity contribution is 7.17. The van der Waals surface area contributed by atoms with Gasteiger partial charge in [-0.15, -0.1) is 9.24 Å². The summed E-state index contributed by atoms with van der Waals surface area (Å²) in [6.45, 7) is 0.853. The largest absolute Gasteiger partial charge is 0.497 e. The Bertz CT molecular complexity index is 487. The first-order chi connectivity index (χ1) is 8.79. The van der Waals surface area contributed by atoms with E-state index in [4.69, 9.17) is 4.74 Å². The lowest BCUT2D eigenvalue weighted by Crippen LogP contribution is -2.15. The van der Waals surface area contributed by atoms with Crippen molar-refractivity contribution in [2.45, 2.75) is 12.3 Å². The van der Waals surface area contributed by atoms with Crippen LogP contribution < -0.4 is 10.1 Å². The molecule has 0 aliphatic heterocycles. The van der Waals surface area contributed by atoms with E-state index >= 15 is 0 Å². The molecule has 0 saturated heterocycles. The monoisotopic (exact) mass is 259 g/mol. The lowest BCUT2D eigenvalue weighted by molar-refractivity contribution is 0.414. The Kier molecular flexibility index (Phi) is 4.74. The van der Waals surface area contributed by atoms with E-state index in [9.17, 15) is 0 Å². The number of methoxy groups -OCH3 is 1. The number of ether oxygens (including phenoxy) is 1. The third-order valence-electron chi connectivity index (χ3n) is 2.82. The maximum absolute atomic E-state index is 5.23. The molecule has 2 nitrogen and oxygen atoms in total. The zero-order chi connectivity index (χ0) is 12.8. The van der Waals surface area contributed by atoms with Crippen LogP contribution in [0.15, 0.2) is 54.6 Å². The van der Waals surface area contributed by atoms with Crippen LogP contribution in [0.4, 0.5) is 0 Å². The molecular formula is C15H18NOP. The summed E-state index contributed by atoms with van der Waals surface area (Å²) >= 11 is 0. The number of hydrogen-bond acceptors (Lipinski definition) is 2. The van der Waals surface area contributed by atoms with Gasteiger partial charge in [-0.05, 0) is 23.3 Å². The van der Waals surface area contributed by atoms with Crippen LogP contribution in [0.3, 0.4) is 0 Å². The van der Waals surface area contributed by atoms with Gasteiger partial charge < -0.3 is 10.1 Å². The summed E-state index contributed by atoms with van der Waals surface area (Å²) < 4.78 is 5.23. The smallest absolute Gasteiger partial charge is 0.119 e. The molecule has 0 aliphatic carbocycles. The van der Waals surface area contributed by atoms with Gasteiger partial charge in [-0.2, -0.15) is 0 Å². The summed E-state index contributed by atoms with van der Waals surface area (Å²) in [6.07, 6.45) is 0. The average molecular weight is 259 g/mol. The minimum Gasteiger partial charge on any atom is -0.497 e. The fraction of sp³-hybridized carbons (Fsp3) is 0.200. The number of nitrogens with one attached hydrogen (secondary N) is 1. The second kappa shape index (κ2) is 6.53. The van der Waals surface area contributed by atoms with Crippen LogP contribution in [0.25, 0.3) is 0 Å². The predicted octanol–water partition coefficient (Wildman–Crippen LogP) is 3.36. The lowest BCUT2D eigenvalue weighted by Gasteiger charge is -2.15. The van der Waals surface area contributed by atoms with Gasteiger partial charge in [0.1, 0.15) is 5.75 Å². The molecule has 2 aromatic rings. The van der Waals surface area contributed by atoms with Crippen LogP contribution >= 0.6 is 9.24 Å². The molecule has 0 aliphatic rings. The molecule has 3 heteroatoms. The molecular weight excluding hydrogens is 241 g/mol. The molecule has 0 fully saturated rings. The third-order valence-corrected chi connectivity index (χ3v) is 3.44. The Morgan fingerprint density at radius 3 is 2.61 bits per heavy atom. The normalized spacial score (nSPS) is 12.1. The minimum absolute atomic E-state index is 0.223. The topological polar surface area (TPSA) is 21.3 Å². The molecule has 18 heavy (non-hydrogen) atoms. The Hall–Kier alpha value is -1.37. The van der Waals surface area contributed by atoms with Gasteiger partial charge in [0, 0.05) is 12.3 Å². The standard InChI is InChI=1S/C15H18NOP/c1-17-14-9-5-8-13(10-14)15(18)16-11-12-6-3-2-4-7-12/h2-10,15-16H,11,18H2,1H3. The average Bonchev–Trinajstić information content (AvgIpc) is 2.46. The predicted molar refractivity (Wildman–Crippen MR) is 78.7 cm³/mol. The lowest BCUT2D eigenvalue weighted by atomic mass is 10.2. The molecule has 1 N–H and O–H groups in total. The molecule has 2 atom stereocenters. The van der Waals surface area contributed by atoms with Gasteiger partial charge in [-0.1, -0.05) is 42.5 Å². The Morgan fingerprint density at radius 1 is 1.11 bits per heavy atom. The highest BCUT2D eigenvalue weighted by atomic mass is 31.0. The summed E-state index contributed by atoms with van der Waals surface area (Å²) in [6, 6.07) is 18.5. The third kappa shape index (κ3) is 3.56. The van der Waals surface area contributed by atoms with Crippen LogP contribution in [-0.4, -0.2) is 7.11 Å². The fourth-order valence-corrected chi connectivity index (χ4v) is 2.10. The van der Waals surface area contributed by atoms with E-state index in [1.54, 1.807) is 7.11 Å². The quantitative estimate of drug-likeness (QED) is 0.831. The maximum atomic E-state index is 5.23. The molecule has 0 bridgehead atoms. The van der Waals surface area contributed by atoms with Crippen molar-refractivity contribution in [3.8, 4) is 5.75 Å². The Morgan fingerprint density at radius 2 is 1.89 bits per heavy atom. The van der Waals surface area contributed by atoms with Gasteiger partial charge in [0.15, 0.2) is 0 Å². The molecule has 0 spiro atoms. The molecule has 0 heterocycles. The molecule has 2 rings (SSSR count). The first kappa shape index (κ1) is 13.1. The first-order valence-corrected chi connectivity index (χ1v) is 6.63. The zero-order valence-corrected chi connectivity index (χ0v) is 11.6. The van der Waals surface area contributed by atoms with E-state index in [-0.39, 0.29) is 5.78 Å². The van der Waals surface area contributed by atoms with E-state index in [2.05, 4.69) is 51.0 Å². The van der Waals surface area contributed by atoms with Crippen molar-refractivity contribution in [2.24, 2.45) is 0 Å². The molecule has 0 amide bonds. The van der Waals surface area contributed by atoms with Gasteiger partial charge in [0.05, 0.1) is 7.11 Å². The van der Waals surface area contributed by atoms with E-state index < -0.39 is 0 Å². The van der Waals surface area contributed by atoms with E-state index in [0.29, 0.717) is 0 Å². The van der Waals surface area contributed by atoms with Crippen molar-refractivity contribution >= 4 is 9.24 Å². The molecule has 94 valence electrons. The van der Waals surface area contributed by atoms with Gasteiger partial charge in [-0.25, -0.2) is 0 Å². The Labute approximate surface area is 111 Å². The minimum atomic E-state index is 0.223. The van der Waals surface area contributed by atoms with Crippen LogP contribution in [0.5, 0.6) is 5.75 Å². The molecule has 0 saturated carbocycles. The second-order valence-corrected chi connectivity index (χ2v) is 4.79. The first-order valence-electron chi connectivity index (χ1n) is 5.96. The van der Waals surface area contributed by atoms with Gasteiger partial charge in [0.2, 0.25) is 0 Å². The number of hydrogen-bond donors (Lipinski definition) is 1. The number of rotatable bonds is 5. The van der Waals surface area contributed by atoms with Crippen molar-refractivity contribution in [3.05, 3.63) is 65.7 Å². The molecule has 0 radical (unpaired) electrons. The second-order valence-electron chi connectivity index (χ2n) is 4.12. The van der Waals surface area contributed by atoms with Gasteiger partial charge in [-0.3, -0.25) is 0 Å². The highest BCUT2D eigenvalue weighted by Gasteiger charge is 2.05. The summed E-state index contributed by atoms with van der Waals surface area (Å²) in [4.78, 5) is 0.